The van der Waals surface area contributed by atoms with Crippen molar-refractivity contribution in [1.29, 1.82) is 15.8 Å². The van der Waals surface area contributed by atoms with Crippen molar-refractivity contribution in [2.45, 2.75) is 0 Å². The van der Waals surface area contributed by atoms with Crippen LogP contribution in [0.4, 0.5) is 0 Å². The Hall–Kier alpha value is -2.57. The molecule has 3 heteroatoms. The molecule has 0 aromatic heterocycles. The molecule has 0 N–H and O–H groups in total. The van der Waals surface area contributed by atoms with Gasteiger partial charge in [0.25, 0.3) is 0 Å². The zero-order valence-electron chi connectivity index (χ0n) is 7.88. The molecule has 3 nitrogen and oxygen atoms in total. The number of rotatable bonds is 2. The third-order valence-electron chi connectivity index (χ3n) is 1.90. The van der Waals surface area contributed by atoms with Gasteiger partial charge < -0.3 is 0 Å². The zero-order valence-corrected chi connectivity index (χ0v) is 7.88. The van der Waals surface area contributed by atoms with Gasteiger partial charge in [0.1, 0.15) is 0 Å². The molecule has 70 valence electrons. The van der Waals surface area contributed by atoms with E-state index in [0.717, 1.165) is 5.56 Å². The second-order valence-corrected chi connectivity index (χ2v) is 2.79. The van der Waals surface area contributed by atoms with E-state index >= 15 is 0 Å². The van der Waals surface area contributed by atoms with E-state index in [1.807, 2.05) is 24.3 Å². The summed E-state index contributed by atoms with van der Waals surface area (Å²) >= 11 is 0. The number of allylic oxidation sites excluding steroid dienone is 2. The number of hydrogen-bond donors (Lipinski definition) is 0. The minimum Gasteiger partial charge on any atom is -0.196 e. The fourth-order valence-electron chi connectivity index (χ4n) is 1.20. The van der Waals surface area contributed by atoms with Crippen LogP contribution in [0.25, 0.3) is 5.57 Å². The highest BCUT2D eigenvalue weighted by Crippen LogP contribution is 2.22. The van der Waals surface area contributed by atoms with Gasteiger partial charge in [0, 0.05) is 11.6 Å². The topological polar surface area (TPSA) is 71.4 Å². The van der Waals surface area contributed by atoms with Gasteiger partial charge in [0.15, 0.2) is 5.92 Å². The molecule has 0 saturated heterocycles. The second kappa shape index (κ2) is 5.22. The van der Waals surface area contributed by atoms with E-state index in [2.05, 4.69) is 0 Å². The minimum absolute atomic E-state index is 0.447. The number of nitrogens with zero attached hydrogens (tertiary/aromatic N) is 3. The minimum atomic E-state index is -0.896. The molecule has 0 unspecified atom stereocenters. The maximum atomic E-state index is 8.76. The summed E-state index contributed by atoms with van der Waals surface area (Å²) in [6.07, 6.45) is 1.24. The Balaban J connectivity index is 3.20. The number of nitriles is 3. The monoisotopic (exact) mass is 193 g/mol. The Morgan fingerprint density at radius 3 is 2.13 bits per heavy atom. The van der Waals surface area contributed by atoms with Crippen LogP contribution in [0.1, 0.15) is 5.56 Å². The molecule has 1 aromatic rings. The van der Waals surface area contributed by atoms with Gasteiger partial charge in [0.2, 0.25) is 0 Å². The summed E-state index contributed by atoms with van der Waals surface area (Å²) < 4.78 is 0. The first-order valence-corrected chi connectivity index (χ1v) is 4.27. The molecular formula is C12H7N3. The molecule has 0 atom stereocenters. The molecule has 0 heterocycles. The van der Waals surface area contributed by atoms with Crippen LogP contribution in [-0.2, 0) is 0 Å². The summed E-state index contributed by atoms with van der Waals surface area (Å²) in [6.45, 7) is 0. The molecule has 0 saturated carbocycles. The smallest absolute Gasteiger partial charge is 0.159 e. The van der Waals surface area contributed by atoms with Gasteiger partial charge in [0.05, 0.1) is 18.2 Å². The molecule has 0 bridgehead atoms. The Morgan fingerprint density at radius 2 is 1.67 bits per heavy atom. The van der Waals surface area contributed by atoms with Crippen LogP contribution in [0.5, 0.6) is 0 Å². The number of hydrogen-bond acceptors (Lipinski definition) is 3. The third kappa shape index (κ3) is 2.44. The van der Waals surface area contributed by atoms with Crippen molar-refractivity contribution in [3.05, 3.63) is 42.0 Å². The van der Waals surface area contributed by atoms with Gasteiger partial charge in [-0.1, -0.05) is 30.3 Å². The molecule has 0 fully saturated rings. The van der Waals surface area contributed by atoms with Gasteiger partial charge in [-0.25, -0.2) is 0 Å². The summed E-state index contributed by atoms with van der Waals surface area (Å²) in [5.74, 6) is -0.896. The van der Waals surface area contributed by atoms with Crippen molar-refractivity contribution < 1.29 is 0 Å². The van der Waals surface area contributed by atoms with Gasteiger partial charge in [-0.3, -0.25) is 0 Å². The average molecular weight is 193 g/mol. The first-order chi connectivity index (χ1) is 7.33. The van der Waals surface area contributed by atoms with E-state index in [1.54, 1.807) is 24.3 Å². The van der Waals surface area contributed by atoms with E-state index in [-0.39, 0.29) is 0 Å². The molecule has 1 rings (SSSR count). The lowest BCUT2D eigenvalue weighted by Gasteiger charge is -2.05. The summed E-state index contributed by atoms with van der Waals surface area (Å²) in [5, 5.41) is 26.1. The van der Waals surface area contributed by atoms with Crippen LogP contribution < -0.4 is 0 Å². The predicted octanol–water partition coefficient (Wildman–Crippen LogP) is 2.26. The van der Waals surface area contributed by atoms with Crippen molar-refractivity contribution in [2.24, 2.45) is 5.92 Å². The van der Waals surface area contributed by atoms with Crippen LogP contribution >= 0.6 is 0 Å². The highest BCUT2D eigenvalue weighted by molar-refractivity contribution is 5.73. The first kappa shape index (κ1) is 10.5. The maximum Gasteiger partial charge on any atom is 0.159 e. The summed E-state index contributed by atoms with van der Waals surface area (Å²) in [6, 6.07) is 14.5. The van der Waals surface area contributed by atoms with Crippen molar-refractivity contribution in [1.82, 2.24) is 0 Å². The second-order valence-electron chi connectivity index (χ2n) is 2.79. The van der Waals surface area contributed by atoms with Crippen LogP contribution in [0.15, 0.2) is 36.4 Å². The lowest BCUT2D eigenvalue weighted by molar-refractivity contribution is 1.11. The van der Waals surface area contributed by atoms with Gasteiger partial charge in [-0.05, 0) is 5.56 Å². The third-order valence-corrected chi connectivity index (χ3v) is 1.90. The highest BCUT2D eigenvalue weighted by Gasteiger charge is 2.13. The van der Waals surface area contributed by atoms with E-state index < -0.39 is 5.92 Å². The highest BCUT2D eigenvalue weighted by atomic mass is 14.3. The van der Waals surface area contributed by atoms with Crippen LogP contribution in [0.3, 0.4) is 0 Å². The molecule has 0 spiro atoms. The molecule has 1 aromatic carbocycles. The van der Waals surface area contributed by atoms with Crippen LogP contribution in [-0.4, -0.2) is 0 Å². The zero-order chi connectivity index (χ0) is 11.1. The molecule has 0 amide bonds. The van der Waals surface area contributed by atoms with Crippen molar-refractivity contribution in [3.8, 4) is 18.2 Å². The maximum absolute atomic E-state index is 8.76. The van der Waals surface area contributed by atoms with Crippen molar-refractivity contribution in [3.63, 3.8) is 0 Å². The first-order valence-electron chi connectivity index (χ1n) is 4.27. The Morgan fingerprint density at radius 1 is 1.07 bits per heavy atom. The molecule has 15 heavy (non-hydrogen) atoms. The molecule has 0 aliphatic carbocycles. The van der Waals surface area contributed by atoms with Crippen molar-refractivity contribution >= 4 is 5.57 Å². The molecule has 0 aliphatic rings. The van der Waals surface area contributed by atoms with E-state index in [1.165, 1.54) is 6.08 Å². The van der Waals surface area contributed by atoms with Gasteiger partial charge >= 0.3 is 0 Å². The van der Waals surface area contributed by atoms with E-state index in [4.69, 9.17) is 15.8 Å². The summed E-state index contributed by atoms with van der Waals surface area (Å²) in [7, 11) is 0. The lowest BCUT2D eigenvalue weighted by atomic mass is 9.94. The largest absolute Gasteiger partial charge is 0.196 e. The fourth-order valence-corrected chi connectivity index (χ4v) is 1.20. The van der Waals surface area contributed by atoms with Crippen LogP contribution in [0.2, 0.25) is 0 Å². The Labute approximate surface area is 88.1 Å². The standard InChI is InChI=1S/C12H7N3/c13-7-6-12(11(8-14)9-15)10-4-2-1-3-5-10/h1-6,11H. The predicted molar refractivity (Wildman–Crippen MR) is 54.7 cm³/mol. The fraction of sp³-hybridized carbons (Fsp3) is 0.0833. The molecule has 0 aliphatic heterocycles. The van der Waals surface area contributed by atoms with Gasteiger partial charge in [-0.2, -0.15) is 15.8 Å². The van der Waals surface area contributed by atoms with Gasteiger partial charge in [-0.15, -0.1) is 0 Å². The quantitative estimate of drug-likeness (QED) is 0.676. The van der Waals surface area contributed by atoms with Crippen LogP contribution in [0, 0.1) is 39.9 Å². The summed E-state index contributed by atoms with van der Waals surface area (Å²) in [5.41, 5.74) is 1.18. The van der Waals surface area contributed by atoms with E-state index in [9.17, 15) is 0 Å². The van der Waals surface area contributed by atoms with E-state index in [0.29, 0.717) is 5.57 Å². The van der Waals surface area contributed by atoms with Crippen molar-refractivity contribution in [2.75, 3.05) is 0 Å². The lowest BCUT2D eigenvalue weighted by Crippen LogP contribution is -1.97. The molecule has 0 radical (unpaired) electrons. The molecular weight excluding hydrogens is 186 g/mol. The Kier molecular flexibility index (Phi) is 3.66. The Bertz CT molecular complexity index is 466. The SMILES string of the molecule is N#CC=C(c1ccccc1)C(C#N)C#N. The average Bonchev–Trinajstić information content (AvgIpc) is 2.30. The normalized spacial score (nSPS) is 10.1. The summed E-state index contributed by atoms with van der Waals surface area (Å²) in [4.78, 5) is 0. The number of benzene rings is 1.